The van der Waals surface area contributed by atoms with Crippen LogP contribution in [0, 0.1) is 12.8 Å². The number of urea groups is 1. The Labute approximate surface area is 213 Å². The minimum Gasteiger partial charge on any atom is -0.497 e. The molecule has 4 rings (SSSR count). The Kier molecular flexibility index (Phi) is 8.23. The van der Waals surface area contributed by atoms with Crippen molar-refractivity contribution in [1.29, 1.82) is 0 Å². The van der Waals surface area contributed by atoms with Gasteiger partial charge in [-0.2, -0.15) is 0 Å². The SMILES string of the molecule is CCC1CN(C(=O)N2CCC(C(=O)NCCc3ccc(OC)cc3OC)CC2)c2cc(C)ccc2O1. The number of amides is 3. The minimum atomic E-state index is -0.0885. The van der Waals surface area contributed by atoms with Crippen molar-refractivity contribution >= 4 is 17.6 Å². The fourth-order valence-corrected chi connectivity index (χ4v) is 4.88. The fraction of sp³-hybridized carbons (Fsp3) is 0.500. The topological polar surface area (TPSA) is 80.3 Å². The number of hydrogen-bond donors (Lipinski definition) is 1. The highest BCUT2D eigenvalue weighted by Crippen LogP contribution is 2.36. The van der Waals surface area contributed by atoms with Gasteiger partial charge in [-0.25, -0.2) is 4.79 Å². The normalized spacial score (nSPS) is 17.7. The maximum atomic E-state index is 13.5. The molecule has 1 fully saturated rings. The summed E-state index contributed by atoms with van der Waals surface area (Å²) in [6.45, 7) is 6.30. The molecule has 2 aromatic rings. The molecule has 2 heterocycles. The Hall–Kier alpha value is -3.42. The highest BCUT2D eigenvalue weighted by Gasteiger charge is 2.34. The summed E-state index contributed by atoms with van der Waals surface area (Å²) in [4.78, 5) is 30.0. The summed E-state index contributed by atoms with van der Waals surface area (Å²) in [5, 5.41) is 3.06. The molecule has 1 saturated heterocycles. The van der Waals surface area contributed by atoms with E-state index in [9.17, 15) is 9.59 Å². The highest BCUT2D eigenvalue weighted by atomic mass is 16.5. The smallest absolute Gasteiger partial charge is 0.324 e. The largest absolute Gasteiger partial charge is 0.497 e. The van der Waals surface area contributed by atoms with Gasteiger partial charge in [-0.15, -0.1) is 0 Å². The van der Waals surface area contributed by atoms with E-state index in [0.717, 1.165) is 40.5 Å². The van der Waals surface area contributed by atoms with Crippen molar-refractivity contribution in [3.05, 3.63) is 47.5 Å². The van der Waals surface area contributed by atoms with E-state index < -0.39 is 0 Å². The van der Waals surface area contributed by atoms with Crippen LogP contribution in [0.2, 0.25) is 0 Å². The maximum absolute atomic E-state index is 13.5. The van der Waals surface area contributed by atoms with Crippen molar-refractivity contribution in [2.75, 3.05) is 45.3 Å². The van der Waals surface area contributed by atoms with Crippen LogP contribution in [0.15, 0.2) is 36.4 Å². The molecule has 0 spiro atoms. The van der Waals surface area contributed by atoms with E-state index >= 15 is 0 Å². The van der Waals surface area contributed by atoms with Gasteiger partial charge < -0.3 is 24.4 Å². The number of rotatable bonds is 7. The molecule has 1 unspecified atom stereocenters. The van der Waals surface area contributed by atoms with Crippen LogP contribution in [0.4, 0.5) is 10.5 Å². The Balaban J connectivity index is 1.30. The lowest BCUT2D eigenvalue weighted by Crippen LogP contribution is -2.52. The van der Waals surface area contributed by atoms with Crippen molar-refractivity contribution in [2.45, 2.75) is 45.6 Å². The van der Waals surface area contributed by atoms with Crippen molar-refractivity contribution in [1.82, 2.24) is 10.2 Å². The van der Waals surface area contributed by atoms with Gasteiger partial charge in [0, 0.05) is 31.6 Å². The van der Waals surface area contributed by atoms with Gasteiger partial charge in [0.25, 0.3) is 0 Å². The summed E-state index contributed by atoms with van der Waals surface area (Å²) in [6, 6.07) is 11.7. The van der Waals surface area contributed by atoms with Gasteiger partial charge in [0.15, 0.2) is 0 Å². The summed E-state index contributed by atoms with van der Waals surface area (Å²) in [7, 11) is 3.25. The molecular weight excluding hydrogens is 458 g/mol. The van der Waals surface area contributed by atoms with Crippen molar-refractivity contribution in [3.63, 3.8) is 0 Å². The summed E-state index contributed by atoms with van der Waals surface area (Å²) in [5.41, 5.74) is 2.94. The first-order valence-electron chi connectivity index (χ1n) is 12.8. The van der Waals surface area contributed by atoms with Gasteiger partial charge in [-0.3, -0.25) is 9.69 Å². The molecule has 194 valence electrons. The first kappa shape index (κ1) is 25.7. The first-order chi connectivity index (χ1) is 17.4. The molecule has 1 atom stereocenters. The Morgan fingerprint density at radius 1 is 1.08 bits per heavy atom. The number of anilines is 1. The predicted octanol–water partition coefficient (Wildman–Crippen LogP) is 4.18. The van der Waals surface area contributed by atoms with Crippen molar-refractivity contribution < 1.29 is 23.8 Å². The molecule has 1 N–H and O–H groups in total. The van der Waals surface area contributed by atoms with E-state index in [1.807, 2.05) is 53.1 Å². The van der Waals surface area contributed by atoms with Crippen LogP contribution in [-0.4, -0.2) is 63.3 Å². The Morgan fingerprint density at radius 2 is 1.86 bits per heavy atom. The molecule has 2 aliphatic rings. The fourth-order valence-electron chi connectivity index (χ4n) is 4.88. The molecule has 36 heavy (non-hydrogen) atoms. The Bertz CT molecular complexity index is 1080. The number of fused-ring (bicyclic) bond motifs is 1. The van der Waals surface area contributed by atoms with Gasteiger partial charge >= 0.3 is 6.03 Å². The summed E-state index contributed by atoms with van der Waals surface area (Å²) in [6.07, 6.45) is 2.81. The number of methoxy groups -OCH3 is 2. The number of likely N-dealkylation sites (tertiary alicyclic amines) is 1. The Morgan fingerprint density at radius 3 is 2.56 bits per heavy atom. The average molecular weight is 496 g/mol. The van der Waals surface area contributed by atoms with Crippen LogP contribution in [0.1, 0.15) is 37.3 Å². The second-order valence-electron chi connectivity index (χ2n) is 9.49. The molecular formula is C28H37N3O5. The minimum absolute atomic E-state index is 0.00550. The third kappa shape index (κ3) is 5.69. The molecule has 0 radical (unpaired) electrons. The standard InChI is InChI=1S/C28H37N3O5/c1-5-22-18-31(24-16-19(2)6-9-25(24)36-22)28(33)30-14-11-21(12-15-30)27(32)29-13-10-20-7-8-23(34-3)17-26(20)35-4/h6-9,16-17,21-22H,5,10-15,18H2,1-4H3,(H,29,32). The molecule has 3 amide bonds. The highest BCUT2D eigenvalue weighted by molar-refractivity contribution is 5.94. The second-order valence-corrected chi connectivity index (χ2v) is 9.49. The zero-order chi connectivity index (χ0) is 25.7. The zero-order valence-corrected chi connectivity index (χ0v) is 21.7. The lowest BCUT2D eigenvalue weighted by atomic mass is 9.96. The lowest BCUT2D eigenvalue weighted by Gasteiger charge is -2.39. The van der Waals surface area contributed by atoms with Crippen LogP contribution >= 0.6 is 0 Å². The van der Waals surface area contributed by atoms with E-state index in [2.05, 4.69) is 12.2 Å². The third-order valence-corrected chi connectivity index (χ3v) is 7.10. The van der Waals surface area contributed by atoms with Crippen LogP contribution in [-0.2, 0) is 11.2 Å². The quantitative estimate of drug-likeness (QED) is 0.623. The molecule has 0 saturated carbocycles. The zero-order valence-electron chi connectivity index (χ0n) is 21.7. The summed E-state index contributed by atoms with van der Waals surface area (Å²) in [5.74, 6) is 2.21. The van der Waals surface area contributed by atoms with Gasteiger partial charge in [-0.1, -0.05) is 19.1 Å². The monoisotopic (exact) mass is 495 g/mol. The number of ether oxygens (including phenoxy) is 3. The van der Waals surface area contributed by atoms with Crippen molar-refractivity contribution in [2.24, 2.45) is 5.92 Å². The van der Waals surface area contributed by atoms with Gasteiger partial charge in [-0.05, 0) is 61.9 Å². The van der Waals surface area contributed by atoms with E-state index in [0.29, 0.717) is 45.4 Å². The van der Waals surface area contributed by atoms with E-state index in [1.165, 1.54) is 0 Å². The van der Waals surface area contributed by atoms with Gasteiger partial charge in [0.2, 0.25) is 5.91 Å². The molecule has 0 bridgehead atoms. The summed E-state index contributed by atoms with van der Waals surface area (Å²) < 4.78 is 16.8. The lowest BCUT2D eigenvalue weighted by molar-refractivity contribution is -0.126. The van der Waals surface area contributed by atoms with Crippen LogP contribution in [0.3, 0.4) is 0 Å². The number of piperidine rings is 1. The number of benzene rings is 2. The number of aryl methyl sites for hydroxylation is 1. The molecule has 0 aliphatic carbocycles. The van der Waals surface area contributed by atoms with Gasteiger partial charge in [0.1, 0.15) is 23.4 Å². The maximum Gasteiger partial charge on any atom is 0.324 e. The van der Waals surface area contributed by atoms with Crippen LogP contribution < -0.4 is 24.4 Å². The number of carbonyl (C=O) groups excluding carboxylic acids is 2. The van der Waals surface area contributed by atoms with Crippen molar-refractivity contribution in [3.8, 4) is 17.2 Å². The van der Waals surface area contributed by atoms with Crippen LogP contribution in [0.5, 0.6) is 17.2 Å². The summed E-state index contributed by atoms with van der Waals surface area (Å²) >= 11 is 0. The predicted molar refractivity (Wildman–Crippen MR) is 139 cm³/mol. The molecule has 0 aromatic heterocycles. The second kappa shape index (κ2) is 11.5. The molecule has 2 aliphatic heterocycles. The molecule has 8 nitrogen and oxygen atoms in total. The van der Waals surface area contributed by atoms with Gasteiger partial charge in [0.05, 0.1) is 26.5 Å². The van der Waals surface area contributed by atoms with E-state index in [-0.39, 0.29) is 24.0 Å². The number of nitrogens with one attached hydrogen (secondary N) is 1. The number of hydrogen-bond acceptors (Lipinski definition) is 5. The van der Waals surface area contributed by atoms with Crippen LogP contribution in [0.25, 0.3) is 0 Å². The third-order valence-electron chi connectivity index (χ3n) is 7.10. The number of nitrogens with zero attached hydrogens (tertiary/aromatic N) is 2. The molecule has 2 aromatic carbocycles. The number of carbonyl (C=O) groups is 2. The average Bonchev–Trinajstić information content (AvgIpc) is 2.92. The van der Waals surface area contributed by atoms with E-state index in [1.54, 1.807) is 14.2 Å². The first-order valence-corrected chi connectivity index (χ1v) is 12.8. The molecule has 8 heteroatoms. The van der Waals surface area contributed by atoms with E-state index in [4.69, 9.17) is 14.2 Å².